The van der Waals surface area contributed by atoms with Gasteiger partial charge in [-0.25, -0.2) is 4.72 Å². The summed E-state index contributed by atoms with van der Waals surface area (Å²) in [5.74, 6) is 0. The highest BCUT2D eigenvalue weighted by Gasteiger charge is 2.15. The summed E-state index contributed by atoms with van der Waals surface area (Å²) in [6.45, 7) is 4.85. The van der Waals surface area contributed by atoms with E-state index in [2.05, 4.69) is 4.72 Å². The van der Waals surface area contributed by atoms with Crippen LogP contribution in [0.2, 0.25) is 0 Å². The van der Waals surface area contributed by atoms with Crippen molar-refractivity contribution in [1.29, 1.82) is 0 Å². The Labute approximate surface area is 93.2 Å². The molecule has 0 aromatic carbocycles. The van der Waals surface area contributed by atoms with Crippen LogP contribution >= 0.6 is 0 Å². The lowest BCUT2D eigenvalue weighted by Crippen LogP contribution is -2.40. The zero-order chi connectivity index (χ0) is 11.9. The van der Waals surface area contributed by atoms with Gasteiger partial charge < -0.3 is 5.73 Å². The number of nitrogens with two attached hydrogens (primary N) is 1. The first-order valence-electron chi connectivity index (χ1n) is 5.36. The summed E-state index contributed by atoms with van der Waals surface area (Å²) in [6.07, 6.45) is 2.52. The Balaban J connectivity index is 3.95. The third-order valence-corrected chi connectivity index (χ3v) is 3.69. The van der Waals surface area contributed by atoms with Crippen LogP contribution in [-0.4, -0.2) is 38.9 Å². The average molecular weight is 237 g/mol. The molecule has 92 valence electrons. The molecule has 0 aliphatic rings. The Kier molecular flexibility index (Phi) is 7.08. The zero-order valence-corrected chi connectivity index (χ0v) is 10.7. The predicted molar refractivity (Wildman–Crippen MR) is 62.7 cm³/mol. The Morgan fingerprint density at radius 1 is 1.47 bits per heavy atom. The van der Waals surface area contributed by atoms with Crippen molar-refractivity contribution in [3.63, 3.8) is 0 Å². The highest BCUT2D eigenvalue weighted by Crippen LogP contribution is 1.98. The summed E-state index contributed by atoms with van der Waals surface area (Å²) in [4.78, 5) is 0. The van der Waals surface area contributed by atoms with Crippen molar-refractivity contribution in [2.45, 2.75) is 39.2 Å². The fraction of sp³-hybridized carbons (Fsp3) is 1.00. The lowest BCUT2D eigenvalue weighted by Gasteiger charge is -2.17. The van der Waals surface area contributed by atoms with Gasteiger partial charge in [-0.05, 0) is 19.8 Å². The van der Waals surface area contributed by atoms with Gasteiger partial charge in [-0.2, -0.15) is 12.7 Å². The number of nitrogens with zero attached hydrogens (tertiary/aromatic N) is 1. The molecule has 0 saturated carbocycles. The molecule has 0 aliphatic carbocycles. The van der Waals surface area contributed by atoms with Crippen molar-refractivity contribution < 1.29 is 8.42 Å². The zero-order valence-electron chi connectivity index (χ0n) is 9.86. The Bertz CT molecular complexity index is 252. The van der Waals surface area contributed by atoms with E-state index in [4.69, 9.17) is 5.73 Å². The molecule has 0 aliphatic heterocycles. The SMILES string of the molecule is CCCCN(C)S(=O)(=O)NCCC(C)N. The molecule has 0 rings (SSSR count). The highest BCUT2D eigenvalue weighted by atomic mass is 32.2. The van der Waals surface area contributed by atoms with E-state index in [0.29, 0.717) is 19.5 Å². The van der Waals surface area contributed by atoms with Crippen molar-refractivity contribution in [2.75, 3.05) is 20.1 Å². The molecule has 0 heterocycles. The van der Waals surface area contributed by atoms with E-state index in [1.807, 2.05) is 13.8 Å². The number of unbranched alkanes of at least 4 members (excludes halogenated alkanes) is 1. The largest absolute Gasteiger partial charge is 0.328 e. The van der Waals surface area contributed by atoms with Crippen LogP contribution in [0.15, 0.2) is 0 Å². The summed E-state index contributed by atoms with van der Waals surface area (Å²) >= 11 is 0. The van der Waals surface area contributed by atoms with Crippen LogP contribution in [0.4, 0.5) is 0 Å². The second-order valence-electron chi connectivity index (χ2n) is 3.84. The van der Waals surface area contributed by atoms with Gasteiger partial charge in [-0.1, -0.05) is 13.3 Å². The van der Waals surface area contributed by atoms with Crippen LogP contribution in [0.1, 0.15) is 33.1 Å². The van der Waals surface area contributed by atoms with E-state index >= 15 is 0 Å². The van der Waals surface area contributed by atoms with Crippen LogP contribution < -0.4 is 10.5 Å². The predicted octanol–water partition coefficient (Wildman–Crippen LogP) is 0.290. The molecule has 0 aromatic heterocycles. The summed E-state index contributed by atoms with van der Waals surface area (Å²) in [6, 6.07) is 0.0219. The molecule has 0 spiro atoms. The number of hydrogen-bond donors (Lipinski definition) is 2. The molecule has 15 heavy (non-hydrogen) atoms. The quantitative estimate of drug-likeness (QED) is 0.637. The second-order valence-corrected chi connectivity index (χ2v) is 5.70. The first-order valence-corrected chi connectivity index (χ1v) is 6.80. The highest BCUT2D eigenvalue weighted by molar-refractivity contribution is 7.87. The molecule has 1 unspecified atom stereocenters. The molecule has 0 amide bonds. The minimum Gasteiger partial charge on any atom is -0.328 e. The standard InChI is InChI=1S/C9H23N3O2S/c1-4-5-8-12(3)15(13,14)11-7-6-9(2)10/h9,11H,4-8,10H2,1-3H3. The Morgan fingerprint density at radius 2 is 2.07 bits per heavy atom. The van der Waals surface area contributed by atoms with Gasteiger partial charge in [0.1, 0.15) is 0 Å². The first-order chi connectivity index (χ1) is 6.90. The van der Waals surface area contributed by atoms with Gasteiger partial charge in [0.05, 0.1) is 0 Å². The summed E-state index contributed by atoms with van der Waals surface area (Å²) in [7, 11) is -1.71. The lowest BCUT2D eigenvalue weighted by molar-refractivity contribution is 0.447. The normalized spacial score (nSPS) is 14.5. The summed E-state index contributed by atoms with van der Waals surface area (Å²) in [5.41, 5.74) is 5.53. The van der Waals surface area contributed by atoms with Gasteiger partial charge in [0.15, 0.2) is 0 Å². The molecule has 1 atom stereocenters. The molecule has 0 bridgehead atoms. The molecule has 5 nitrogen and oxygen atoms in total. The summed E-state index contributed by atoms with van der Waals surface area (Å²) < 4.78 is 27.0. The Morgan fingerprint density at radius 3 is 2.53 bits per heavy atom. The lowest BCUT2D eigenvalue weighted by atomic mass is 10.3. The van der Waals surface area contributed by atoms with Crippen molar-refractivity contribution in [1.82, 2.24) is 9.03 Å². The van der Waals surface area contributed by atoms with E-state index in [-0.39, 0.29) is 6.04 Å². The minimum atomic E-state index is -3.30. The van der Waals surface area contributed by atoms with Crippen molar-refractivity contribution in [3.8, 4) is 0 Å². The van der Waals surface area contributed by atoms with Gasteiger partial charge in [0, 0.05) is 26.2 Å². The minimum absolute atomic E-state index is 0.0219. The van der Waals surface area contributed by atoms with Crippen LogP contribution in [0.5, 0.6) is 0 Å². The summed E-state index contributed by atoms with van der Waals surface area (Å²) in [5, 5.41) is 0. The van der Waals surface area contributed by atoms with Gasteiger partial charge in [-0.3, -0.25) is 0 Å². The second kappa shape index (κ2) is 7.16. The molecule has 6 heteroatoms. The van der Waals surface area contributed by atoms with Crippen LogP contribution in [0.3, 0.4) is 0 Å². The van der Waals surface area contributed by atoms with Crippen molar-refractivity contribution in [2.24, 2.45) is 5.73 Å². The van der Waals surface area contributed by atoms with E-state index in [1.54, 1.807) is 7.05 Å². The van der Waals surface area contributed by atoms with Crippen molar-refractivity contribution in [3.05, 3.63) is 0 Å². The average Bonchev–Trinajstić information content (AvgIpc) is 2.13. The third kappa shape index (κ3) is 6.83. The van der Waals surface area contributed by atoms with Crippen molar-refractivity contribution >= 4 is 10.2 Å². The maximum absolute atomic E-state index is 11.6. The molecular weight excluding hydrogens is 214 g/mol. The maximum atomic E-state index is 11.6. The van der Waals surface area contributed by atoms with Gasteiger partial charge in [0.25, 0.3) is 10.2 Å². The fourth-order valence-electron chi connectivity index (χ4n) is 1.03. The number of hydrogen-bond acceptors (Lipinski definition) is 3. The van der Waals surface area contributed by atoms with Gasteiger partial charge in [0.2, 0.25) is 0 Å². The van der Waals surface area contributed by atoms with E-state index in [1.165, 1.54) is 4.31 Å². The fourth-order valence-corrected chi connectivity index (χ4v) is 1.99. The number of nitrogens with one attached hydrogen (secondary N) is 1. The topological polar surface area (TPSA) is 75.4 Å². The van der Waals surface area contributed by atoms with Gasteiger partial charge >= 0.3 is 0 Å². The van der Waals surface area contributed by atoms with E-state index in [9.17, 15) is 8.42 Å². The third-order valence-electron chi connectivity index (χ3n) is 2.12. The maximum Gasteiger partial charge on any atom is 0.279 e. The molecule has 3 N–H and O–H groups in total. The monoisotopic (exact) mass is 237 g/mol. The smallest absolute Gasteiger partial charge is 0.279 e. The first kappa shape index (κ1) is 14.8. The Hall–Kier alpha value is -0.170. The molecular formula is C9H23N3O2S. The molecule has 0 saturated heterocycles. The van der Waals surface area contributed by atoms with E-state index in [0.717, 1.165) is 12.8 Å². The molecule has 0 fully saturated rings. The van der Waals surface area contributed by atoms with Crippen LogP contribution in [0, 0.1) is 0 Å². The van der Waals surface area contributed by atoms with E-state index < -0.39 is 10.2 Å². The van der Waals surface area contributed by atoms with Gasteiger partial charge in [-0.15, -0.1) is 0 Å². The van der Waals surface area contributed by atoms with Crippen LogP contribution in [-0.2, 0) is 10.2 Å². The molecule has 0 radical (unpaired) electrons. The van der Waals surface area contributed by atoms with Crippen LogP contribution in [0.25, 0.3) is 0 Å². The molecule has 0 aromatic rings. The number of rotatable bonds is 8.